The first-order valence-corrected chi connectivity index (χ1v) is 6.36. The fourth-order valence-corrected chi connectivity index (χ4v) is 1.59. The Balaban J connectivity index is 2.46. The van der Waals surface area contributed by atoms with E-state index in [9.17, 15) is 5.11 Å². The van der Waals surface area contributed by atoms with E-state index in [2.05, 4.69) is 10.2 Å². The molecule has 20 heavy (non-hydrogen) atoms. The molecule has 2 rings (SSSR count). The molecule has 0 radical (unpaired) electrons. The molecule has 1 N–H and O–H groups in total. The monoisotopic (exact) mass is 264 g/mol. The number of nitrogens with zero attached hydrogens (tertiary/aromatic N) is 2. The van der Waals surface area contributed by atoms with Gasteiger partial charge in [-0.3, -0.25) is 0 Å². The van der Waals surface area contributed by atoms with Crippen LogP contribution in [0.25, 0.3) is 0 Å². The second-order valence-corrected chi connectivity index (χ2v) is 4.25. The Labute approximate surface area is 118 Å². The summed E-state index contributed by atoms with van der Waals surface area (Å²) < 4.78 is 0. The van der Waals surface area contributed by atoms with Crippen molar-refractivity contribution in [2.75, 3.05) is 0 Å². The van der Waals surface area contributed by atoms with Crippen LogP contribution >= 0.6 is 0 Å². The summed E-state index contributed by atoms with van der Waals surface area (Å²) in [5, 5.41) is 18.4. The summed E-state index contributed by atoms with van der Waals surface area (Å²) in [6.07, 6.45) is 0. The van der Waals surface area contributed by atoms with Gasteiger partial charge in [-0.25, -0.2) is 0 Å². The van der Waals surface area contributed by atoms with Gasteiger partial charge in [0, 0.05) is 0 Å². The van der Waals surface area contributed by atoms with E-state index in [1.807, 2.05) is 73.7 Å². The van der Waals surface area contributed by atoms with Crippen molar-refractivity contribution in [1.29, 1.82) is 0 Å². The average molecular weight is 264 g/mol. The highest BCUT2D eigenvalue weighted by Crippen LogP contribution is 2.28. The second-order valence-electron chi connectivity index (χ2n) is 4.25. The maximum atomic E-state index is 10.2. The molecule has 2 aromatic carbocycles. The van der Waals surface area contributed by atoms with Crippen molar-refractivity contribution in [2.24, 2.45) is 10.2 Å². The van der Waals surface area contributed by atoms with Crippen molar-refractivity contribution >= 4 is 11.4 Å². The summed E-state index contributed by atoms with van der Waals surface area (Å²) in [6.45, 7) is 1.83. The average Bonchev–Trinajstić information content (AvgIpc) is 2.49. The van der Waals surface area contributed by atoms with Gasteiger partial charge in [0.15, 0.2) is 0 Å². The molecule has 3 nitrogen and oxygen atoms in total. The second kappa shape index (κ2) is 7.04. The van der Waals surface area contributed by atoms with E-state index in [1.165, 1.54) is 0 Å². The minimum absolute atomic E-state index is 0.126. The van der Waals surface area contributed by atoms with Gasteiger partial charge in [0.05, 0.1) is 5.69 Å². The highest BCUT2D eigenvalue weighted by atomic mass is 16.3. The van der Waals surface area contributed by atoms with Crippen LogP contribution in [0.1, 0.15) is 5.56 Å². The third-order valence-electron chi connectivity index (χ3n) is 2.69. The topological polar surface area (TPSA) is 45.0 Å². The Morgan fingerprint density at radius 1 is 0.700 bits per heavy atom. The summed E-state index contributed by atoms with van der Waals surface area (Å²) in [5.74, 6) is 0.126. The van der Waals surface area contributed by atoms with Crippen LogP contribution < -0.4 is 0 Å². The lowest BCUT2D eigenvalue weighted by Crippen LogP contribution is -1.70. The number of benzene rings is 1. The quantitative estimate of drug-likeness (QED) is 0.740. The lowest BCUT2D eigenvalue weighted by molar-refractivity contribution is 0.472. The molecule has 0 atom stereocenters. The highest BCUT2D eigenvalue weighted by Gasteiger charge is 1.98. The van der Waals surface area contributed by atoms with Crippen LogP contribution in [0.3, 0.4) is 0 Å². The zero-order chi connectivity index (χ0) is 14.2. The summed E-state index contributed by atoms with van der Waals surface area (Å²) in [5.41, 5.74) is 1.92. The molecule has 0 saturated carbocycles. The molecule has 3 heteroatoms. The Morgan fingerprint density at radius 2 is 1.25 bits per heavy atom. The molecule has 0 saturated heterocycles. The molecule has 0 aliphatic heterocycles. The van der Waals surface area contributed by atoms with Crippen LogP contribution in [0.2, 0.25) is 0 Å². The molecule has 2 aromatic rings. The first-order chi connectivity index (χ1) is 9.77. The molecule has 0 fully saturated rings. The highest BCUT2D eigenvalue weighted by molar-refractivity contribution is 5.52. The third-order valence-corrected chi connectivity index (χ3v) is 2.69. The smallest absolute Gasteiger partial charge is 0.145 e. The van der Waals surface area contributed by atoms with Gasteiger partial charge in [-0.15, -0.1) is 5.11 Å². The number of azo groups is 1. The molecule has 100 valence electrons. The van der Waals surface area contributed by atoms with Crippen LogP contribution in [0.4, 0.5) is 11.4 Å². The molecule has 0 heterocycles. The van der Waals surface area contributed by atoms with Crippen molar-refractivity contribution < 1.29 is 5.11 Å². The van der Waals surface area contributed by atoms with Gasteiger partial charge >= 0.3 is 0 Å². The summed E-state index contributed by atoms with van der Waals surface area (Å²) in [4.78, 5) is 0. The first-order valence-electron chi connectivity index (χ1n) is 6.36. The minimum Gasteiger partial charge on any atom is -0.505 e. The van der Waals surface area contributed by atoms with E-state index in [-0.39, 0.29) is 5.75 Å². The summed E-state index contributed by atoms with van der Waals surface area (Å²) >= 11 is 0. The van der Waals surface area contributed by atoms with Gasteiger partial charge in [0.1, 0.15) is 11.4 Å². The maximum Gasteiger partial charge on any atom is 0.145 e. The molecule has 0 aliphatic rings. The van der Waals surface area contributed by atoms with Crippen molar-refractivity contribution in [1.82, 2.24) is 0 Å². The van der Waals surface area contributed by atoms with E-state index in [0.717, 1.165) is 11.3 Å². The van der Waals surface area contributed by atoms with Crippen molar-refractivity contribution in [3.8, 4) is 5.75 Å². The first kappa shape index (κ1) is 13.7. The zero-order valence-corrected chi connectivity index (χ0v) is 11.3. The maximum absolute atomic E-state index is 10.2. The zero-order valence-electron chi connectivity index (χ0n) is 11.3. The molecule has 0 bridgehead atoms. The van der Waals surface area contributed by atoms with E-state index in [4.69, 9.17) is 0 Å². The van der Waals surface area contributed by atoms with Crippen molar-refractivity contribution in [3.05, 3.63) is 78.4 Å². The largest absolute Gasteiger partial charge is 0.505 e. The van der Waals surface area contributed by atoms with Crippen LogP contribution in [-0.2, 0) is 0 Å². The summed E-state index contributed by atoms with van der Waals surface area (Å²) in [7, 11) is 0. The number of hydrogen-bond acceptors (Lipinski definition) is 3. The Kier molecular flexibility index (Phi) is 4.84. The van der Waals surface area contributed by atoms with Crippen molar-refractivity contribution in [2.45, 2.75) is 6.92 Å². The van der Waals surface area contributed by atoms with Crippen LogP contribution in [0, 0.1) is 6.92 Å². The predicted molar refractivity (Wildman–Crippen MR) is 81.1 cm³/mol. The minimum atomic E-state index is 0.126. The molecular weight excluding hydrogens is 248 g/mol. The number of aromatic hydroxyl groups is 1. The standard InChI is InChI=1S/C17H16N2O/c1-14-10-6-3-2-4-9-13-16(17(14)20)19-18-15-11-7-5-8-12-15/h2-13,20H,1H3. The van der Waals surface area contributed by atoms with Crippen LogP contribution in [0.15, 0.2) is 83.0 Å². The van der Waals surface area contributed by atoms with E-state index >= 15 is 0 Å². The van der Waals surface area contributed by atoms with Crippen molar-refractivity contribution in [3.63, 3.8) is 0 Å². The summed E-state index contributed by atoms with van der Waals surface area (Å²) in [6, 6.07) is 22.4. The molecule has 0 aromatic heterocycles. The number of hydrogen-bond donors (Lipinski definition) is 1. The lowest BCUT2D eigenvalue weighted by atomic mass is 10.2. The third kappa shape index (κ3) is 3.92. The number of aryl methyl sites for hydroxylation is 1. The van der Waals surface area contributed by atoms with Gasteiger partial charge < -0.3 is 5.11 Å². The molecule has 0 unspecified atom stereocenters. The fourth-order valence-electron chi connectivity index (χ4n) is 1.59. The Bertz CT molecular complexity index is 650. The van der Waals surface area contributed by atoms with E-state index in [1.54, 1.807) is 6.07 Å². The Hall–Kier alpha value is -2.68. The van der Waals surface area contributed by atoms with E-state index in [0.29, 0.717) is 5.69 Å². The van der Waals surface area contributed by atoms with E-state index < -0.39 is 0 Å². The SMILES string of the molecule is Cc1cccccccc(N=Nc2ccccc2)c1O. The molecular formula is C17H16N2O. The van der Waals surface area contributed by atoms with Gasteiger partial charge in [-0.2, -0.15) is 5.11 Å². The lowest BCUT2D eigenvalue weighted by Gasteiger charge is -1.97. The predicted octanol–water partition coefficient (Wildman–Crippen LogP) is 5.24. The van der Waals surface area contributed by atoms with Gasteiger partial charge in [-0.1, -0.05) is 54.6 Å². The normalized spacial score (nSPS) is 10.2. The Morgan fingerprint density at radius 3 is 2.00 bits per heavy atom. The van der Waals surface area contributed by atoms with Gasteiger partial charge in [0.2, 0.25) is 0 Å². The van der Waals surface area contributed by atoms with Crippen LogP contribution in [0.5, 0.6) is 5.75 Å². The molecule has 0 spiro atoms. The molecule has 0 aliphatic carbocycles. The van der Waals surface area contributed by atoms with Crippen LogP contribution in [-0.4, -0.2) is 5.11 Å². The number of rotatable bonds is 2. The fraction of sp³-hybridized carbons (Fsp3) is 0.0588. The molecule has 0 amide bonds. The van der Waals surface area contributed by atoms with Gasteiger partial charge in [0.25, 0.3) is 0 Å². The van der Waals surface area contributed by atoms with Gasteiger partial charge in [-0.05, 0) is 30.7 Å².